The number of fused-ring (bicyclic) bond motifs is 2. The van der Waals surface area contributed by atoms with Gasteiger partial charge in [-0.05, 0) is 59.2 Å². The van der Waals surface area contributed by atoms with Crippen molar-refractivity contribution < 1.29 is 29.0 Å². The Morgan fingerprint density at radius 2 is 1.63 bits per heavy atom. The largest absolute Gasteiger partial charge is 0.486 e. The summed E-state index contributed by atoms with van der Waals surface area (Å²) in [7, 11) is 0. The first-order valence-electron chi connectivity index (χ1n) is 13.0. The maximum atomic E-state index is 14.0. The molecular formula is C32H25ClN2O6. The second-order valence-corrected chi connectivity index (χ2v) is 10.3. The number of hydrogen-bond acceptors (Lipinski definition) is 5. The summed E-state index contributed by atoms with van der Waals surface area (Å²) in [6.07, 6.45) is 0. The molecule has 0 saturated carbocycles. The van der Waals surface area contributed by atoms with Crippen LogP contribution < -0.4 is 19.7 Å². The van der Waals surface area contributed by atoms with E-state index in [0.29, 0.717) is 57.8 Å². The molecule has 6 rings (SSSR count). The van der Waals surface area contributed by atoms with Gasteiger partial charge in [-0.2, -0.15) is 0 Å². The van der Waals surface area contributed by atoms with Gasteiger partial charge in [-0.25, -0.2) is 0 Å². The van der Waals surface area contributed by atoms with E-state index in [1.807, 2.05) is 12.1 Å². The number of halogens is 1. The SMILES string of the molecule is CC(=O)Nc1ccc(-c2ccc(N3C(=O)c4ccccc4[C@@H](C(=O)O)[C@@H]3c3ccc4c(c3)OCCO4)cc2Cl)cc1. The predicted octanol–water partition coefficient (Wildman–Crippen LogP) is 6.31. The Bertz CT molecular complexity index is 1690. The fraction of sp³-hybridized carbons (Fsp3) is 0.156. The molecule has 4 aromatic carbocycles. The highest BCUT2D eigenvalue weighted by atomic mass is 35.5. The number of carbonyl (C=O) groups excluding carboxylic acids is 2. The first-order chi connectivity index (χ1) is 19.8. The lowest BCUT2D eigenvalue weighted by molar-refractivity contribution is -0.139. The molecule has 0 aliphatic carbocycles. The smallest absolute Gasteiger partial charge is 0.313 e. The number of aliphatic carboxylic acids is 1. The molecule has 0 fully saturated rings. The van der Waals surface area contributed by atoms with Crippen molar-refractivity contribution in [3.05, 3.63) is 107 Å². The van der Waals surface area contributed by atoms with E-state index in [1.165, 1.54) is 11.8 Å². The van der Waals surface area contributed by atoms with Crippen molar-refractivity contribution in [1.82, 2.24) is 0 Å². The van der Waals surface area contributed by atoms with Gasteiger partial charge in [0.1, 0.15) is 19.1 Å². The van der Waals surface area contributed by atoms with Gasteiger partial charge in [0.2, 0.25) is 5.91 Å². The molecule has 2 aliphatic rings. The molecule has 2 aliphatic heterocycles. The van der Waals surface area contributed by atoms with Crippen molar-refractivity contribution in [3.8, 4) is 22.6 Å². The summed E-state index contributed by atoms with van der Waals surface area (Å²) in [5.41, 5.74) is 4.02. The van der Waals surface area contributed by atoms with Crippen LogP contribution in [0.1, 0.15) is 40.4 Å². The Morgan fingerprint density at radius 3 is 2.34 bits per heavy atom. The molecule has 0 aromatic heterocycles. The second-order valence-electron chi connectivity index (χ2n) is 9.85. The Labute approximate surface area is 241 Å². The predicted molar refractivity (Wildman–Crippen MR) is 155 cm³/mol. The highest BCUT2D eigenvalue weighted by Gasteiger charge is 2.45. The highest BCUT2D eigenvalue weighted by molar-refractivity contribution is 6.33. The zero-order valence-electron chi connectivity index (χ0n) is 22.0. The Morgan fingerprint density at radius 1 is 0.902 bits per heavy atom. The minimum atomic E-state index is -1.06. The van der Waals surface area contributed by atoms with E-state index in [9.17, 15) is 19.5 Å². The molecule has 4 aromatic rings. The van der Waals surface area contributed by atoms with Gasteiger partial charge < -0.3 is 19.9 Å². The van der Waals surface area contributed by atoms with Crippen LogP contribution in [0.2, 0.25) is 5.02 Å². The molecule has 0 bridgehead atoms. The summed E-state index contributed by atoms with van der Waals surface area (Å²) in [4.78, 5) is 39.7. The van der Waals surface area contributed by atoms with Gasteiger partial charge in [0.05, 0.1) is 11.1 Å². The van der Waals surface area contributed by atoms with E-state index >= 15 is 0 Å². The third-order valence-corrected chi connectivity index (χ3v) is 7.57. The number of benzene rings is 4. The van der Waals surface area contributed by atoms with Crippen LogP contribution in [-0.4, -0.2) is 36.1 Å². The lowest BCUT2D eigenvalue weighted by atomic mass is 9.79. The summed E-state index contributed by atoms with van der Waals surface area (Å²) < 4.78 is 11.4. The summed E-state index contributed by atoms with van der Waals surface area (Å²) in [5, 5.41) is 13.6. The zero-order chi connectivity index (χ0) is 28.7. The lowest BCUT2D eigenvalue weighted by Gasteiger charge is -2.41. The molecule has 2 N–H and O–H groups in total. The van der Waals surface area contributed by atoms with Crippen LogP contribution in [0.15, 0.2) is 84.9 Å². The van der Waals surface area contributed by atoms with Crippen molar-refractivity contribution in [3.63, 3.8) is 0 Å². The van der Waals surface area contributed by atoms with E-state index in [4.69, 9.17) is 21.1 Å². The molecular weight excluding hydrogens is 544 g/mol. The molecule has 2 atom stereocenters. The molecule has 41 heavy (non-hydrogen) atoms. The fourth-order valence-corrected chi connectivity index (χ4v) is 5.78. The van der Waals surface area contributed by atoms with Crippen LogP contribution in [-0.2, 0) is 9.59 Å². The lowest BCUT2D eigenvalue weighted by Crippen LogP contribution is -2.45. The fourth-order valence-electron chi connectivity index (χ4n) is 5.49. The number of nitrogens with one attached hydrogen (secondary N) is 1. The van der Waals surface area contributed by atoms with E-state index in [-0.39, 0.29) is 11.8 Å². The molecule has 2 amide bonds. The van der Waals surface area contributed by atoms with Crippen molar-refractivity contribution in [2.75, 3.05) is 23.4 Å². The summed E-state index contributed by atoms with van der Waals surface area (Å²) >= 11 is 6.78. The van der Waals surface area contributed by atoms with Gasteiger partial charge >= 0.3 is 5.97 Å². The molecule has 2 heterocycles. The van der Waals surface area contributed by atoms with Crippen LogP contribution in [0, 0.1) is 0 Å². The van der Waals surface area contributed by atoms with E-state index in [2.05, 4.69) is 5.32 Å². The average molecular weight is 569 g/mol. The number of amides is 2. The molecule has 206 valence electrons. The normalized spacial score (nSPS) is 17.5. The van der Waals surface area contributed by atoms with Crippen molar-refractivity contribution in [2.24, 2.45) is 0 Å². The monoisotopic (exact) mass is 568 g/mol. The van der Waals surface area contributed by atoms with Crippen molar-refractivity contribution >= 4 is 40.8 Å². The number of rotatable bonds is 5. The zero-order valence-corrected chi connectivity index (χ0v) is 22.7. The molecule has 0 spiro atoms. The molecule has 0 saturated heterocycles. The number of hydrogen-bond donors (Lipinski definition) is 2. The van der Waals surface area contributed by atoms with Crippen LogP contribution in [0.4, 0.5) is 11.4 Å². The maximum Gasteiger partial charge on any atom is 0.313 e. The molecule has 0 radical (unpaired) electrons. The number of carboxylic acids is 1. The third-order valence-electron chi connectivity index (χ3n) is 7.26. The van der Waals surface area contributed by atoms with E-state index in [1.54, 1.807) is 72.8 Å². The van der Waals surface area contributed by atoms with Gasteiger partial charge in [-0.15, -0.1) is 0 Å². The Kier molecular flexibility index (Phi) is 6.85. The Hall–Kier alpha value is -4.82. The maximum absolute atomic E-state index is 14.0. The van der Waals surface area contributed by atoms with Crippen LogP contribution in [0.3, 0.4) is 0 Å². The summed E-state index contributed by atoms with van der Waals surface area (Å²) in [5.74, 6) is -1.54. The van der Waals surface area contributed by atoms with Crippen LogP contribution in [0.25, 0.3) is 11.1 Å². The molecule has 8 nitrogen and oxygen atoms in total. The first-order valence-corrected chi connectivity index (χ1v) is 13.4. The molecule has 0 unspecified atom stereocenters. The van der Waals surface area contributed by atoms with Crippen molar-refractivity contribution in [2.45, 2.75) is 18.9 Å². The Balaban J connectivity index is 1.46. The van der Waals surface area contributed by atoms with Crippen LogP contribution in [0.5, 0.6) is 11.5 Å². The number of carbonyl (C=O) groups is 3. The van der Waals surface area contributed by atoms with Gasteiger partial charge in [0.15, 0.2) is 11.5 Å². The van der Waals surface area contributed by atoms with Gasteiger partial charge in [-0.1, -0.05) is 54.1 Å². The first kappa shape index (κ1) is 26.4. The summed E-state index contributed by atoms with van der Waals surface area (Å²) in [6.45, 7) is 2.24. The quantitative estimate of drug-likeness (QED) is 0.292. The number of anilines is 2. The van der Waals surface area contributed by atoms with Gasteiger partial charge in [-0.3, -0.25) is 19.3 Å². The van der Waals surface area contributed by atoms with Crippen molar-refractivity contribution in [1.29, 1.82) is 0 Å². The minimum Gasteiger partial charge on any atom is -0.486 e. The third kappa shape index (κ3) is 4.87. The highest BCUT2D eigenvalue weighted by Crippen LogP contribution is 2.47. The van der Waals surface area contributed by atoms with Gasteiger partial charge in [0.25, 0.3) is 5.91 Å². The van der Waals surface area contributed by atoms with E-state index < -0.39 is 17.9 Å². The number of nitrogens with zero attached hydrogens (tertiary/aromatic N) is 1. The van der Waals surface area contributed by atoms with Crippen LogP contribution >= 0.6 is 11.6 Å². The topological polar surface area (TPSA) is 105 Å². The number of carboxylic acid groups (broad SMARTS) is 1. The second kappa shape index (κ2) is 10.6. The minimum absolute atomic E-state index is 0.167. The van der Waals surface area contributed by atoms with E-state index in [0.717, 1.165) is 11.1 Å². The average Bonchev–Trinajstić information content (AvgIpc) is 2.97. The van der Waals surface area contributed by atoms with Gasteiger partial charge in [0, 0.05) is 29.4 Å². The summed E-state index contributed by atoms with van der Waals surface area (Å²) in [6, 6.07) is 23.6. The standard InChI is InChI=1S/C32H25ClN2O6/c1-18(36)34-21-9-6-19(7-10-21)23-12-11-22(17-26(23)33)35-30(20-8-13-27-28(16-20)41-15-14-40-27)29(32(38)39)24-4-2-3-5-25(24)31(35)37/h2-13,16-17,29-30H,14-15H2,1H3,(H,34,36)(H,38,39)/t29-,30+/m1/s1. The number of ether oxygens (including phenoxy) is 2. The molecule has 9 heteroatoms.